The minimum absolute atomic E-state index is 0.748. The molecule has 1 fully saturated rings. The first-order chi connectivity index (χ1) is 9.29. The van der Waals surface area contributed by atoms with Crippen LogP contribution in [0.25, 0.3) is 0 Å². The Morgan fingerprint density at radius 3 is 2.47 bits per heavy atom. The van der Waals surface area contributed by atoms with Crippen molar-refractivity contribution in [2.24, 2.45) is 0 Å². The SMILES string of the molecule is COc1ccc(N(C)CCNC2CCCCC2)cc1. The smallest absolute Gasteiger partial charge is 0.119 e. The van der Waals surface area contributed by atoms with Crippen molar-refractivity contribution in [3.05, 3.63) is 24.3 Å². The van der Waals surface area contributed by atoms with Crippen molar-refractivity contribution in [3.63, 3.8) is 0 Å². The molecule has 2 rings (SSSR count). The summed E-state index contributed by atoms with van der Waals surface area (Å²) in [5.41, 5.74) is 1.24. The molecule has 0 amide bonds. The molecule has 0 bridgehead atoms. The van der Waals surface area contributed by atoms with Crippen LogP contribution in [-0.2, 0) is 0 Å². The Morgan fingerprint density at radius 2 is 1.84 bits per heavy atom. The van der Waals surface area contributed by atoms with Crippen LogP contribution in [0.1, 0.15) is 32.1 Å². The molecule has 1 aliphatic carbocycles. The van der Waals surface area contributed by atoms with Gasteiger partial charge in [0.25, 0.3) is 0 Å². The Hall–Kier alpha value is -1.22. The topological polar surface area (TPSA) is 24.5 Å². The van der Waals surface area contributed by atoms with Crippen LogP contribution in [0.2, 0.25) is 0 Å². The zero-order valence-electron chi connectivity index (χ0n) is 12.2. The van der Waals surface area contributed by atoms with Crippen LogP contribution in [0.3, 0.4) is 0 Å². The van der Waals surface area contributed by atoms with Crippen LogP contribution in [0.15, 0.2) is 24.3 Å². The molecule has 0 aliphatic heterocycles. The Balaban J connectivity index is 1.72. The standard InChI is InChI=1S/C16H26N2O/c1-18(15-8-10-16(19-2)11-9-15)13-12-17-14-6-4-3-5-7-14/h8-11,14,17H,3-7,12-13H2,1-2H3. The summed E-state index contributed by atoms with van der Waals surface area (Å²) in [6.45, 7) is 2.11. The molecule has 19 heavy (non-hydrogen) atoms. The number of likely N-dealkylation sites (N-methyl/N-ethyl adjacent to an activating group) is 1. The maximum atomic E-state index is 5.18. The highest BCUT2D eigenvalue weighted by Crippen LogP contribution is 2.19. The second-order valence-electron chi connectivity index (χ2n) is 5.41. The Bertz CT molecular complexity index is 358. The van der Waals surface area contributed by atoms with Gasteiger partial charge in [-0.1, -0.05) is 19.3 Å². The first-order valence-corrected chi connectivity index (χ1v) is 7.38. The van der Waals surface area contributed by atoms with Crippen molar-refractivity contribution in [3.8, 4) is 5.75 Å². The summed E-state index contributed by atoms with van der Waals surface area (Å²) in [5.74, 6) is 0.914. The third-order valence-corrected chi connectivity index (χ3v) is 4.00. The Kier molecular flexibility index (Phi) is 5.52. The van der Waals surface area contributed by atoms with Crippen LogP contribution < -0.4 is 15.0 Å². The monoisotopic (exact) mass is 262 g/mol. The zero-order valence-corrected chi connectivity index (χ0v) is 12.2. The van der Waals surface area contributed by atoms with Gasteiger partial charge in [0.2, 0.25) is 0 Å². The fraction of sp³-hybridized carbons (Fsp3) is 0.625. The van der Waals surface area contributed by atoms with E-state index in [1.807, 2.05) is 12.1 Å². The molecule has 106 valence electrons. The van der Waals surface area contributed by atoms with Gasteiger partial charge in [0, 0.05) is 31.9 Å². The number of anilines is 1. The van der Waals surface area contributed by atoms with Gasteiger partial charge in [0.05, 0.1) is 7.11 Å². The number of hydrogen-bond acceptors (Lipinski definition) is 3. The predicted octanol–water partition coefficient (Wildman–Crippen LogP) is 3.05. The number of hydrogen-bond donors (Lipinski definition) is 1. The van der Waals surface area contributed by atoms with Crippen molar-refractivity contribution in [1.82, 2.24) is 5.32 Å². The molecule has 1 aromatic carbocycles. The van der Waals surface area contributed by atoms with E-state index >= 15 is 0 Å². The number of nitrogens with zero attached hydrogens (tertiary/aromatic N) is 1. The van der Waals surface area contributed by atoms with E-state index in [0.29, 0.717) is 0 Å². The molecule has 0 radical (unpaired) electrons. The van der Waals surface area contributed by atoms with Gasteiger partial charge < -0.3 is 15.0 Å². The summed E-state index contributed by atoms with van der Waals surface area (Å²) in [5, 5.41) is 3.68. The van der Waals surface area contributed by atoms with Crippen molar-refractivity contribution in [1.29, 1.82) is 0 Å². The third-order valence-electron chi connectivity index (χ3n) is 4.00. The lowest BCUT2D eigenvalue weighted by molar-refractivity contribution is 0.376. The highest BCUT2D eigenvalue weighted by atomic mass is 16.5. The van der Waals surface area contributed by atoms with Crippen molar-refractivity contribution in [2.75, 3.05) is 32.1 Å². The van der Waals surface area contributed by atoms with E-state index in [1.165, 1.54) is 37.8 Å². The van der Waals surface area contributed by atoms with Gasteiger partial charge in [-0.05, 0) is 37.1 Å². The molecule has 3 nitrogen and oxygen atoms in total. The zero-order chi connectivity index (χ0) is 13.5. The lowest BCUT2D eigenvalue weighted by atomic mass is 9.95. The predicted molar refractivity (Wildman–Crippen MR) is 81.1 cm³/mol. The molecule has 1 N–H and O–H groups in total. The van der Waals surface area contributed by atoms with Crippen molar-refractivity contribution < 1.29 is 4.74 Å². The number of nitrogens with one attached hydrogen (secondary N) is 1. The van der Waals surface area contributed by atoms with Gasteiger partial charge in [-0.15, -0.1) is 0 Å². The largest absolute Gasteiger partial charge is 0.497 e. The highest BCUT2D eigenvalue weighted by Gasteiger charge is 2.12. The van der Waals surface area contributed by atoms with E-state index < -0.39 is 0 Å². The fourth-order valence-corrected chi connectivity index (χ4v) is 2.71. The minimum atomic E-state index is 0.748. The molecule has 0 saturated heterocycles. The average Bonchev–Trinajstić information content (AvgIpc) is 2.48. The molecule has 1 aromatic rings. The van der Waals surface area contributed by atoms with Gasteiger partial charge in [0.1, 0.15) is 5.75 Å². The number of ether oxygens (including phenoxy) is 1. The molecular weight excluding hydrogens is 236 g/mol. The summed E-state index contributed by atoms with van der Waals surface area (Å²) in [7, 11) is 3.84. The lowest BCUT2D eigenvalue weighted by Crippen LogP contribution is -2.36. The van der Waals surface area contributed by atoms with E-state index in [1.54, 1.807) is 7.11 Å². The summed E-state index contributed by atoms with van der Waals surface area (Å²) in [6.07, 6.45) is 6.92. The van der Waals surface area contributed by atoms with Crippen LogP contribution in [0.4, 0.5) is 5.69 Å². The van der Waals surface area contributed by atoms with E-state index in [2.05, 4.69) is 29.4 Å². The van der Waals surface area contributed by atoms with Crippen LogP contribution in [0, 0.1) is 0 Å². The molecule has 0 unspecified atom stereocenters. The minimum Gasteiger partial charge on any atom is -0.497 e. The summed E-state index contributed by atoms with van der Waals surface area (Å²) >= 11 is 0. The highest BCUT2D eigenvalue weighted by molar-refractivity contribution is 5.48. The quantitative estimate of drug-likeness (QED) is 0.853. The third kappa shape index (κ3) is 4.43. The fourth-order valence-electron chi connectivity index (χ4n) is 2.71. The van der Waals surface area contributed by atoms with E-state index in [4.69, 9.17) is 4.74 Å². The maximum absolute atomic E-state index is 5.18. The second-order valence-corrected chi connectivity index (χ2v) is 5.41. The average molecular weight is 262 g/mol. The number of methoxy groups -OCH3 is 1. The van der Waals surface area contributed by atoms with Crippen LogP contribution in [0.5, 0.6) is 5.75 Å². The molecular formula is C16H26N2O. The number of rotatable bonds is 6. The van der Waals surface area contributed by atoms with Gasteiger partial charge in [-0.3, -0.25) is 0 Å². The summed E-state index contributed by atoms with van der Waals surface area (Å²) in [6, 6.07) is 9.00. The Morgan fingerprint density at radius 1 is 1.16 bits per heavy atom. The maximum Gasteiger partial charge on any atom is 0.119 e. The van der Waals surface area contributed by atoms with Crippen molar-refractivity contribution >= 4 is 5.69 Å². The molecule has 0 aromatic heterocycles. The molecule has 1 aliphatic rings. The summed E-state index contributed by atoms with van der Waals surface area (Å²) < 4.78 is 5.18. The van der Waals surface area contributed by atoms with Crippen molar-refractivity contribution in [2.45, 2.75) is 38.1 Å². The van der Waals surface area contributed by atoms with Gasteiger partial charge in [0.15, 0.2) is 0 Å². The molecule has 0 heterocycles. The van der Waals surface area contributed by atoms with E-state index in [9.17, 15) is 0 Å². The molecule has 0 spiro atoms. The Labute approximate surface area is 116 Å². The number of benzene rings is 1. The molecule has 1 saturated carbocycles. The second kappa shape index (κ2) is 7.39. The normalized spacial score (nSPS) is 16.3. The van der Waals surface area contributed by atoms with E-state index in [-0.39, 0.29) is 0 Å². The van der Waals surface area contributed by atoms with Gasteiger partial charge in [-0.2, -0.15) is 0 Å². The molecule has 3 heteroatoms. The van der Waals surface area contributed by atoms with Gasteiger partial charge in [-0.25, -0.2) is 0 Å². The van der Waals surface area contributed by atoms with Gasteiger partial charge >= 0.3 is 0 Å². The van der Waals surface area contributed by atoms with Crippen LogP contribution in [-0.4, -0.2) is 33.3 Å². The first kappa shape index (κ1) is 14.2. The first-order valence-electron chi connectivity index (χ1n) is 7.38. The summed E-state index contributed by atoms with van der Waals surface area (Å²) in [4.78, 5) is 2.29. The lowest BCUT2D eigenvalue weighted by Gasteiger charge is -2.25. The van der Waals surface area contributed by atoms with E-state index in [0.717, 1.165) is 24.9 Å². The molecule has 0 atom stereocenters. The van der Waals surface area contributed by atoms with Crippen LogP contribution >= 0.6 is 0 Å².